The molecule has 3 amide bonds. The summed E-state index contributed by atoms with van der Waals surface area (Å²) in [7, 11) is 0. The number of hydrogen-bond donors (Lipinski definition) is 0. The predicted octanol–water partition coefficient (Wildman–Crippen LogP) is 2.46. The number of amides is 3. The summed E-state index contributed by atoms with van der Waals surface area (Å²) in [6.07, 6.45) is -0.118. The van der Waals surface area contributed by atoms with Gasteiger partial charge in [0.1, 0.15) is 0 Å². The molecule has 2 rings (SSSR count). The molecule has 1 unspecified atom stereocenters. The molecule has 1 aromatic carbocycles. The average molecular weight is 404 g/mol. The van der Waals surface area contributed by atoms with Crippen LogP contribution in [0.5, 0.6) is 0 Å². The molecule has 0 N–H and O–H groups in total. The fourth-order valence-electron chi connectivity index (χ4n) is 2.75. The Morgan fingerprint density at radius 3 is 2.10 bits per heavy atom. The molecular weight excluding hydrogens is 380 g/mol. The Morgan fingerprint density at radius 2 is 1.52 bits per heavy atom. The number of nitrogens with zero attached hydrogens (tertiary/aromatic N) is 2. The number of benzene rings is 1. The molecule has 9 heteroatoms. The van der Waals surface area contributed by atoms with Crippen LogP contribution in [0.1, 0.15) is 26.3 Å². The van der Waals surface area contributed by atoms with Crippen molar-refractivity contribution in [2.45, 2.75) is 33.2 Å². The Kier molecular flexibility index (Phi) is 7.76. The summed E-state index contributed by atoms with van der Waals surface area (Å²) >= 11 is 0. The summed E-state index contributed by atoms with van der Waals surface area (Å²) in [6.45, 7) is 4.90. The van der Waals surface area contributed by atoms with Gasteiger partial charge in [-0.1, -0.05) is 36.4 Å². The molecule has 156 valence electrons. The van der Waals surface area contributed by atoms with Crippen molar-refractivity contribution >= 4 is 24.1 Å². The van der Waals surface area contributed by atoms with Crippen molar-refractivity contribution in [1.82, 2.24) is 10.0 Å². The van der Waals surface area contributed by atoms with Crippen molar-refractivity contribution in [3.05, 3.63) is 47.5 Å². The number of rotatable bonds is 7. The normalized spacial score (nSPS) is 16.2. The highest BCUT2D eigenvalue weighted by Gasteiger charge is 2.57. The van der Waals surface area contributed by atoms with E-state index >= 15 is 0 Å². The van der Waals surface area contributed by atoms with E-state index in [4.69, 9.17) is 14.2 Å². The van der Waals surface area contributed by atoms with Crippen LogP contribution in [0, 0.1) is 0 Å². The van der Waals surface area contributed by atoms with Crippen LogP contribution >= 0.6 is 0 Å². The van der Waals surface area contributed by atoms with Gasteiger partial charge in [-0.2, -0.15) is 5.01 Å². The maximum atomic E-state index is 12.7. The third-order valence-corrected chi connectivity index (χ3v) is 4.00. The lowest BCUT2D eigenvalue weighted by Gasteiger charge is -2.45. The second-order valence-electron chi connectivity index (χ2n) is 5.86. The highest BCUT2D eigenvalue weighted by Crippen LogP contribution is 2.29. The highest BCUT2D eigenvalue weighted by molar-refractivity contribution is 6.10. The van der Waals surface area contributed by atoms with Crippen LogP contribution in [0.4, 0.5) is 9.59 Å². The highest BCUT2D eigenvalue weighted by atomic mass is 16.6. The number of hydrogen-bond acceptors (Lipinski definition) is 7. The monoisotopic (exact) mass is 404 g/mol. The maximum absolute atomic E-state index is 12.7. The van der Waals surface area contributed by atoms with Crippen LogP contribution in [-0.2, 0) is 30.2 Å². The molecule has 29 heavy (non-hydrogen) atoms. The Balaban J connectivity index is 2.38. The zero-order valence-corrected chi connectivity index (χ0v) is 16.6. The number of carbonyl (C=O) groups excluding carboxylic acids is 4. The summed E-state index contributed by atoms with van der Waals surface area (Å²) in [5, 5.41) is 1.30. The molecule has 1 heterocycles. The number of hydrazine groups is 1. The van der Waals surface area contributed by atoms with Gasteiger partial charge in [-0.25, -0.2) is 14.4 Å². The predicted molar refractivity (Wildman–Crippen MR) is 101 cm³/mol. The Labute approximate surface area is 168 Å². The molecule has 0 saturated carbocycles. The van der Waals surface area contributed by atoms with Crippen LogP contribution in [-0.4, -0.2) is 59.9 Å². The number of carbonyl (C=O) groups is 4. The molecular formula is C20H24N2O7. The number of imide groups is 1. The first-order chi connectivity index (χ1) is 14.0. The van der Waals surface area contributed by atoms with Crippen LogP contribution in [0.15, 0.2) is 42.0 Å². The second kappa shape index (κ2) is 10.3. The van der Waals surface area contributed by atoms with Crippen molar-refractivity contribution in [2.24, 2.45) is 0 Å². The SMILES string of the molecule is CCOC(=O)/C(=C\Cc1ccccc1)C1C(=O)N(C(=O)OCC)N1C(=O)OCC. The van der Waals surface area contributed by atoms with Crippen molar-refractivity contribution in [2.75, 3.05) is 19.8 Å². The third-order valence-electron chi connectivity index (χ3n) is 4.00. The fraction of sp³-hybridized carbons (Fsp3) is 0.400. The van der Waals surface area contributed by atoms with Crippen LogP contribution in [0.2, 0.25) is 0 Å². The maximum Gasteiger partial charge on any atom is 0.436 e. The second-order valence-corrected chi connectivity index (χ2v) is 5.86. The van der Waals surface area contributed by atoms with Gasteiger partial charge in [0.05, 0.1) is 25.4 Å². The van der Waals surface area contributed by atoms with E-state index in [1.807, 2.05) is 30.3 Å². The van der Waals surface area contributed by atoms with E-state index < -0.39 is 30.1 Å². The molecule has 1 aliphatic heterocycles. The lowest BCUT2D eigenvalue weighted by Crippen LogP contribution is -2.73. The van der Waals surface area contributed by atoms with Gasteiger partial charge < -0.3 is 14.2 Å². The van der Waals surface area contributed by atoms with Crippen molar-refractivity contribution in [1.29, 1.82) is 0 Å². The van der Waals surface area contributed by atoms with E-state index in [9.17, 15) is 19.2 Å². The topological polar surface area (TPSA) is 102 Å². The van der Waals surface area contributed by atoms with Crippen molar-refractivity contribution in [3.63, 3.8) is 0 Å². The quantitative estimate of drug-likeness (QED) is 0.391. The summed E-state index contributed by atoms with van der Waals surface area (Å²) < 4.78 is 14.8. The third kappa shape index (κ3) is 4.92. The Morgan fingerprint density at radius 1 is 0.931 bits per heavy atom. The molecule has 1 aliphatic rings. The lowest BCUT2D eigenvalue weighted by molar-refractivity contribution is -0.176. The molecule has 1 atom stereocenters. The number of esters is 1. The summed E-state index contributed by atoms with van der Waals surface area (Å²) in [6, 6.07) is 7.92. The zero-order chi connectivity index (χ0) is 21.4. The summed E-state index contributed by atoms with van der Waals surface area (Å²) in [4.78, 5) is 49.7. The number of allylic oxidation sites excluding steroid dienone is 1. The molecule has 0 aliphatic carbocycles. The van der Waals surface area contributed by atoms with E-state index in [2.05, 4.69) is 0 Å². The molecule has 1 fully saturated rings. The fourth-order valence-corrected chi connectivity index (χ4v) is 2.75. The molecule has 0 spiro atoms. The van der Waals surface area contributed by atoms with Gasteiger partial charge in [-0.3, -0.25) is 4.79 Å². The van der Waals surface area contributed by atoms with Crippen molar-refractivity contribution in [3.8, 4) is 0 Å². The smallest absolute Gasteiger partial charge is 0.436 e. The van der Waals surface area contributed by atoms with Gasteiger partial charge in [-0.05, 0) is 32.8 Å². The minimum absolute atomic E-state index is 0.0124. The minimum Gasteiger partial charge on any atom is -0.463 e. The van der Waals surface area contributed by atoms with E-state index in [0.717, 1.165) is 10.6 Å². The Hall–Kier alpha value is -3.36. The van der Waals surface area contributed by atoms with Gasteiger partial charge >= 0.3 is 18.2 Å². The molecule has 1 saturated heterocycles. The minimum atomic E-state index is -1.33. The zero-order valence-electron chi connectivity index (χ0n) is 16.6. The molecule has 0 radical (unpaired) electrons. The average Bonchev–Trinajstić information content (AvgIpc) is 2.70. The van der Waals surface area contributed by atoms with Gasteiger partial charge in [0, 0.05) is 0 Å². The summed E-state index contributed by atoms with van der Waals surface area (Å²) in [5.41, 5.74) is 0.848. The number of ether oxygens (including phenoxy) is 3. The van der Waals surface area contributed by atoms with Gasteiger partial charge in [0.2, 0.25) is 0 Å². The molecule has 9 nitrogen and oxygen atoms in total. The van der Waals surface area contributed by atoms with Gasteiger partial charge in [0.25, 0.3) is 5.91 Å². The first-order valence-electron chi connectivity index (χ1n) is 9.33. The first kappa shape index (κ1) is 21.9. The Bertz CT molecular complexity index is 791. The molecule has 0 bridgehead atoms. The summed E-state index contributed by atoms with van der Waals surface area (Å²) in [5.74, 6) is -1.52. The molecule has 1 aromatic rings. The lowest BCUT2D eigenvalue weighted by atomic mass is 9.99. The van der Waals surface area contributed by atoms with Crippen LogP contribution < -0.4 is 0 Å². The van der Waals surface area contributed by atoms with Gasteiger partial charge in [-0.15, -0.1) is 5.01 Å². The standard InChI is InChI=1S/C20H24N2O7/c1-4-27-18(24)15(13-12-14-10-8-7-9-11-14)16-17(23)22(20(26)29-6-3)21(16)19(25)28-5-2/h7-11,13,16H,4-6,12H2,1-3H3/b15-13-. The van der Waals surface area contributed by atoms with Crippen LogP contribution in [0.25, 0.3) is 0 Å². The van der Waals surface area contributed by atoms with E-state index in [1.165, 1.54) is 6.08 Å². The van der Waals surface area contributed by atoms with Crippen LogP contribution in [0.3, 0.4) is 0 Å². The van der Waals surface area contributed by atoms with E-state index in [1.54, 1.807) is 20.8 Å². The van der Waals surface area contributed by atoms with Gasteiger partial charge in [0.15, 0.2) is 6.04 Å². The van der Waals surface area contributed by atoms with E-state index in [-0.39, 0.29) is 25.4 Å². The molecule has 0 aromatic heterocycles. The largest absolute Gasteiger partial charge is 0.463 e. The first-order valence-corrected chi connectivity index (χ1v) is 9.33. The van der Waals surface area contributed by atoms with Crippen molar-refractivity contribution < 1.29 is 33.4 Å². The van der Waals surface area contributed by atoms with E-state index in [0.29, 0.717) is 11.4 Å².